The van der Waals surface area contributed by atoms with Crippen LogP contribution in [0, 0.1) is 0 Å². The fourth-order valence-electron chi connectivity index (χ4n) is 3.62. The fraction of sp³-hybridized carbons (Fsp3) is 0.276. The van der Waals surface area contributed by atoms with Gasteiger partial charge in [0, 0.05) is 5.69 Å². The minimum Gasteiger partial charge on any atom is -0.460 e. The summed E-state index contributed by atoms with van der Waals surface area (Å²) in [6, 6.07) is 26.1. The van der Waals surface area contributed by atoms with Crippen LogP contribution in [0.25, 0.3) is 0 Å². The second kappa shape index (κ2) is 13.8. The molecular weight excluding hydrogens is 454 g/mol. The first-order chi connectivity index (χ1) is 17.4. The smallest absolute Gasteiger partial charge is 0.323 e. The molecule has 3 rings (SSSR count). The molecule has 0 aromatic heterocycles. The number of hydrogen-bond donors (Lipinski definition) is 3. The Labute approximate surface area is 212 Å². The topological polar surface area (TPSA) is 96.5 Å². The van der Waals surface area contributed by atoms with E-state index < -0.39 is 24.1 Å². The molecule has 0 radical (unpaired) electrons. The summed E-state index contributed by atoms with van der Waals surface area (Å²) < 4.78 is 5.42. The number of hydrogen-bond acceptors (Lipinski definition) is 5. The van der Waals surface area contributed by atoms with Crippen LogP contribution in [0.3, 0.4) is 0 Å². The Morgan fingerprint density at radius 3 is 1.89 bits per heavy atom. The molecule has 3 atom stereocenters. The van der Waals surface area contributed by atoms with Crippen LogP contribution in [-0.4, -0.2) is 35.9 Å². The van der Waals surface area contributed by atoms with Gasteiger partial charge >= 0.3 is 5.97 Å². The molecule has 188 valence electrons. The van der Waals surface area contributed by atoms with Gasteiger partial charge in [-0.05, 0) is 49.9 Å². The van der Waals surface area contributed by atoms with Gasteiger partial charge in [0.2, 0.25) is 11.8 Å². The Hall–Kier alpha value is -3.97. The first-order valence-corrected chi connectivity index (χ1v) is 12.1. The maximum Gasteiger partial charge on any atom is 0.323 e. The molecule has 7 heteroatoms. The van der Waals surface area contributed by atoms with Crippen molar-refractivity contribution in [2.45, 2.75) is 51.4 Å². The van der Waals surface area contributed by atoms with Gasteiger partial charge in [-0.25, -0.2) is 0 Å². The zero-order valence-electron chi connectivity index (χ0n) is 20.6. The number of rotatable bonds is 12. The standard InChI is InChI=1S/C29H33N3O4/c1-21(27(33)32-25-16-10-5-11-17-25)31-28(34)26(19-18-23-12-6-3-7-13-23)30-22(2)29(35)36-20-24-14-8-4-9-15-24/h3-17,21-22,26,30H,18-20H2,1-2H3,(H,31,34)(H,32,33)/t21-,22-,26+/m1/s1. The number of aryl methyl sites for hydroxylation is 1. The quantitative estimate of drug-likeness (QED) is 0.337. The van der Waals surface area contributed by atoms with Crippen LogP contribution in [0.5, 0.6) is 0 Å². The summed E-state index contributed by atoms with van der Waals surface area (Å²) in [5.74, 6) is -1.14. The highest BCUT2D eigenvalue weighted by molar-refractivity contribution is 5.97. The summed E-state index contributed by atoms with van der Waals surface area (Å²) in [6.45, 7) is 3.45. The van der Waals surface area contributed by atoms with E-state index in [2.05, 4.69) is 16.0 Å². The molecule has 7 nitrogen and oxygen atoms in total. The van der Waals surface area contributed by atoms with Crippen LogP contribution >= 0.6 is 0 Å². The summed E-state index contributed by atoms with van der Waals surface area (Å²) in [6.07, 6.45) is 1.07. The van der Waals surface area contributed by atoms with Gasteiger partial charge in [0.25, 0.3) is 0 Å². The van der Waals surface area contributed by atoms with Crippen molar-refractivity contribution in [3.63, 3.8) is 0 Å². The average molecular weight is 488 g/mol. The third kappa shape index (κ3) is 8.67. The monoisotopic (exact) mass is 487 g/mol. The molecule has 0 aliphatic rings. The maximum absolute atomic E-state index is 13.2. The lowest BCUT2D eigenvalue weighted by Crippen LogP contribution is -2.53. The lowest BCUT2D eigenvalue weighted by molar-refractivity contribution is -0.147. The van der Waals surface area contributed by atoms with Gasteiger partial charge in [0.1, 0.15) is 18.7 Å². The van der Waals surface area contributed by atoms with Gasteiger partial charge in [-0.1, -0.05) is 78.9 Å². The first kappa shape index (κ1) is 26.6. The van der Waals surface area contributed by atoms with Gasteiger partial charge in [0.05, 0.1) is 6.04 Å². The van der Waals surface area contributed by atoms with Gasteiger partial charge in [0.15, 0.2) is 0 Å². The summed E-state index contributed by atoms with van der Waals surface area (Å²) in [7, 11) is 0. The van der Waals surface area contributed by atoms with E-state index in [0.717, 1.165) is 11.1 Å². The van der Waals surface area contributed by atoms with Crippen LogP contribution in [-0.2, 0) is 32.1 Å². The second-order valence-electron chi connectivity index (χ2n) is 8.64. The third-order valence-electron chi connectivity index (χ3n) is 5.70. The van der Waals surface area contributed by atoms with Crippen molar-refractivity contribution < 1.29 is 19.1 Å². The van der Waals surface area contributed by atoms with E-state index in [9.17, 15) is 14.4 Å². The Balaban J connectivity index is 1.60. The number of para-hydroxylation sites is 1. The van der Waals surface area contributed by atoms with Crippen LogP contribution in [0.2, 0.25) is 0 Å². The Kier molecular flexibility index (Phi) is 10.2. The number of amides is 2. The summed E-state index contributed by atoms with van der Waals surface area (Å²) in [5, 5.41) is 8.66. The normalized spacial score (nSPS) is 13.2. The molecule has 0 aliphatic carbocycles. The van der Waals surface area contributed by atoms with E-state index in [1.165, 1.54) is 0 Å². The van der Waals surface area contributed by atoms with Crippen LogP contribution in [0.1, 0.15) is 31.4 Å². The lowest BCUT2D eigenvalue weighted by Gasteiger charge is -2.24. The van der Waals surface area contributed by atoms with Crippen molar-refractivity contribution >= 4 is 23.5 Å². The molecule has 0 aliphatic heterocycles. The number of esters is 1. The predicted molar refractivity (Wildman–Crippen MR) is 140 cm³/mol. The Bertz CT molecular complexity index is 1110. The van der Waals surface area contributed by atoms with Crippen molar-refractivity contribution in [3.8, 4) is 0 Å². The molecule has 0 saturated carbocycles. The number of ether oxygens (including phenoxy) is 1. The predicted octanol–water partition coefficient (Wildman–Crippen LogP) is 3.85. The first-order valence-electron chi connectivity index (χ1n) is 12.1. The number of anilines is 1. The Morgan fingerprint density at radius 2 is 1.28 bits per heavy atom. The fourth-order valence-corrected chi connectivity index (χ4v) is 3.62. The van der Waals surface area contributed by atoms with Crippen LogP contribution in [0.4, 0.5) is 5.69 Å². The number of nitrogens with one attached hydrogen (secondary N) is 3. The largest absolute Gasteiger partial charge is 0.460 e. The van der Waals surface area contributed by atoms with Gasteiger partial charge in [-0.15, -0.1) is 0 Å². The number of benzene rings is 3. The highest BCUT2D eigenvalue weighted by Crippen LogP contribution is 2.09. The van der Waals surface area contributed by atoms with Gasteiger partial charge in [-0.3, -0.25) is 19.7 Å². The molecule has 36 heavy (non-hydrogen) atoms. The second-order valence-corrected chi connectivity index (χ2v) is 8.64. The lowest BCUT2D eigenvalue weighted by atomic mass is 10.0. The highest BCUT2D eigenvalue weighted by atomic mass is 16.5. The molecule has 3 aromatic rings. The van der Waals surface area contributed by atoms with Crippen molar-refractivity contribution in [2.24, 2.45) is 0 Å². The van der Waals surface area contributed by atoms with Crippen molar-refractivity contribution in [1.82, 2.24) is 10.6 Å². The number of carbonyl (C=O) groups is 3. The average Bonchev–Trinajstić information content (AvgIpc) is 2.91. The molecular formula is C29H33N3O4. The molecule has 0 fully saturated rings. The minimum atomic E-state index is -0.765. The molecule has 0 spiro atoms. The Morgan fingerprint density at radius 1 is 0.722 bits per heavy atom. The maximum atomic E-state index is 13.2. The van der Waals surface area contributed by atoms with Crippen molar-refractivity contribution in [3.05, 3.63) is 102 Å². The minimum absolute atomic E-state index is 0.156. The van der Waals surface area contributed by atoms with E-state index >= 15 is 0 Å². The van der Waals surface area contributed by atoms with E-state index in [-0.39, 0.29) is 18.4 Å². The molecule has 3 aromatic carbocycles. The van der Waals surface area contributed by atoms with E-state index in [4.69, 9.17) is 4.74 Å². The molecule has 0 unspecified atom stereocenters. The van der Waals surface area contributed by atoms with Crippen LogP contribution in [0.15, 0.2) is 91.0 Å². The van der Waals surface area contributed by atoms with Crippen LogP contribution < -0.4 is 16.0 Å². The van der Waals surface area contributed by atoms with Crippen molar-refractivity contribution in [2.75, 3.05) is 5.32 Å². The summed E-state index contributed by atoms with van der Waals surface area (Å²) in [4.78, 5) is 38.3. The third-order valence-corrected chi connectivity index (χ3v) is 5.70. The summed E-state index contributed by atoms with van der Waals surface area (Å²) >= 11 is 0. The van der Waals surface area contributed by atoms with E-state index in [1.807, 2.05) is 78.9 Å². The zero-order chi connectivity index (χ0) is 25.8. The SMILES string of the molecule is C[C@@H](NC(=O)[C@H](CCc1ccccc1)N[C@H](C)C(=O)OCc1ccccc1)C(=O)Nc1ccccc1. The molecule has 2 amide bonds. The zero-order valence-corrected chi connectivity index (χ0v) is 20.6. The summed E-state index contributed by atoms with van der Waals surface area (Å²) in [5.41, 5.74) is 2.61. The van der Waals surface area contributed by atoms with Gasteiger partial charge < -0.3 is 15.4 Å². The molecule has 3 N–H and O–H groups in total. The van der Waals surface area contributed by atoms with E-state index in [1.54, 1.807) is 26.0 Å². The number of carbonyl (C=O) groups excluding carboxylic acids is 3. The molecule has 0 heterocycles. The molecule has 0 saturated heterocycles. The van der Waals surface area contributed by atoms with Gasteiger partial charge in [-0.2, -0.15) is 0 Å². The van der Waals surface area contributed by atoms with Crippen molar-refractivity contribution in [1.29, 1.82) is 0 Å². The molecule has 0 bridgehead atoms. The van der Waals surface area contributed by atoms with E-state index in [0.29, 0.717) is 18.5 Å². The highest BCUT2D eigenvalue weighted by Gasteiger charge is 2.27.